The van der Waals surface area contributed by atoms with Crippen molar-refractivity contribution in [3.8, 4) is 0 Å². The Morgan fingerprint density at radius 2 is 1.75 bits per heavy atom. The van der Waals surface area contributed by atoms with Gasteiger partial charge in [0.15, 0.2) is 0 Å². The number of hydrogen-bond acceptors (Lipinski definition) is 2. The Bertz CT molecular complexity index is 751. The van der Waals surface area contributed by atoms with E-state index < -0.39 is 0 Å². The second-order valence-corrected chi connectivity index (χ2v) is 5.92. The van der Waals surface area contributed by atoms with Crippen molar-refractivity contribution in [1.82, 2.24) is 5.32 Å². The highest BCUT2D eigenvalue weighted by atomic mass is 35.5. The Kier molecular flexibility index (Phi) is 6.17. The molecule has 0 atom stereocenters. The minimum absolute atomic E-state index is 0.158. The lowest BCUT2D eigenvalue weighted by Crippen LogP contribution is -2.39. The molecule has 0 aromatic heterocycles. The van der Waals surface area contributed by atoms with Crippen LogP contribution in [0.3, 0.4) is 0 Å². The fraction of sp³-hybridized carbons (Fsp3) is 0.176. The van der Waals surface area contributed by atoms with Crippen molar-refractivity contribution in [1.29, 1.82) is 0 Å². The van der Waals surface area contributed by atoms with Crippen LogP contribution in [0.5, 0.6) is 0 Å². The summed E-state index contributed by atoms with van der Waals surface area (Å²) in [6.45, 7) is 1.44. The summed E-state index contributed by atoms with van der Waals surface area (Å²) < 4.78 is 12.8. The Morgan fingerprint density at radius 1 is 1.08 bits per heavy atom. The summed E-state index contributed by atoms with van der Waals surface area (Å²) in [7, 11) is 0. The zero-order chi connectivity index (χ0) is 17.7. The van der Waals surface area contributed by atoms with E-state index in [0.29, 0.717) is 15.7 Å². The van der Waals surface area contributed by atoms with Gasteiger partial charge in [0.2, 0.25) is 11.8 Å². The number of anilines is 1. The molecule has 4 nitrogen and oxygen atoms in total. The quantitative estimate of drug-likeness (QED) is 0.872. The minimum atomic E-state index is -0.347. The zero-order valence-corrected chi connectivity index (χ0v) is 14.4. The topological polar surface area (TPSA) is 49.4 Å². The third-order valence-electron chi connectivity index (χ3n) is 3.30. The normalized spacial score (nSPS) is 10.3. The molecule has 0 radical (unpaired) electrons. The molecule has 2 rings (SSSR count). The molecule has 2 aromatic carbocycles. The first kappa shape index (κ1) is 18.2. The molecule has 0 aliphatic heterocycles. The summed E-state index contributed by atoms with van der Waals surface area (Å²) in [6.07, 6.45) is 0. The van der Waals surface area contributed by atoms with Crippen LogP contribution in [0.15, 0.2) is 42.5 Å². The Labute approximate surface area is 149 Å². The molecule has 1 N–H and O–H groups in total. The largest absolute Gasteiger partial charge is 0.350 e. The van der Waals surface area contributed by atoms with E-state index in [1.165, 1.54) is 30.0 Å². The van der Waals surface area contributed by atoms with E-state index in [1.807, 2.05) is 0 Å². The van der Waals surface area contributed by atoms with Gasteiger partial charge in [0.25, 0.3) is 0 Å². The van der Waals surface area contributed by atoms with E-state index in [4.69, 9.17) is 23.2 Å². The number of nitrogens with zero attached hydrogens (tertiary/aromatic N) is 1. The highest BCUT2D eigenvalue weighted by Gasteiger charge is 2.16. The lowest BCUT2D eigenvalue weighted by molar-refractivity contribution is -0.123. The van der Waals surface area contributed by atoms with Crippen molar-refractivity contribution in [2.75, 3.05) is 11.4 Å². The van der Waals surface area contributed by atoms with Gasteiger partial charge in [0, 0.05) is 19.2 Å². The summed E-state index contributed by atoms with van der Waals surface area (Å²) in [5.74, 6) is -0.988. The second kappa shape index (κ2) is 8.13. The minimum Gasteiger partial charge on any atom is -0.350 e. The molecule has 0 aliphatic rings. The fourth-order valence-electron chi connectivity index (χ4n) is 2.04. The van der Waals surface area contributed by atoms with Crippen LogP contribution in [0.2, 0.25) is 10.0 Å². The molecule has 126 valence electrons. The number of carbonyl (C=O) groups excluding carboxylic acids is 2. The van der Waals surface area contributed by atoms with Gasteiger partial charge >= 0.3 is 0 Å². The summed E-state index contributed by atoms with van der Waals surface area (Å²) in [6, 6.07) is 10.5. The van der Waals surface area contributed by atoms with Crippen LogP contribution < -0.4 is 10.2 Å². The van der Waals surface area contributed by atoms with Crippen molar-refractivity contribution < 1.29 is 14.0 Å². The van der Waals surface area contributed by atoms with Gasteiger partial charge in [-0.3, -0.25) is 9.59 Å². The van der Waals surface area contributed by atoms with Crippen molar-refractivity contribution in [2.24, 2.45) is 0 Å². The number of halogens is 3. The van der Waals surface area contributed by atoms with Crippen molar-refractivity contribution in [3.63, 3.8) is 0 Å². The van der Waals surface area contributed by atoms with Gasteiger partial charge in [-0.15, -0.1) is 0 Å². The Morgan fingerprint density at radius 3 is 2.33 bits per heavy atom. The van der Waals surface area contributed by atoms with Crippen LogP contribution in [0, 0.1) is 5.82 Å². The van der Waals surface area contributed by atoms with Gasteiger partial charge in [-0.2, -0.15) is 0 Å². The highest BCUT2D eigenvalue weighted by Crippen LogP contribution is 2.27. The summed E-state index contributed by atoms with van der Waals surface area (Å²) >= 11 is 11.8. The summed E-state index contributed by atoms with van der Waals surface area (Å²) in [5, 5.41) is 3.35. The monoisotopic (exact) mass is 368 g/mol. The van der Waals surface area contributed by atoms with Gasteiger partial charge in [-0.25, -0.2) is 4.39 Å². The Hall–Kier alpha value is -2.11. The molecule has 0 bridgehead atoms. The number of benzene rings is 2. The average Bonchev–Trinajstić information content (AvgIpc) is 2.54. The van der Waals surface area contributed by atoms with Crippen LogP contribution in [0.4, 0.5) is 10.1 Å². The smallest absolute Gasteiger partial charge is 0.240 e. The Balaban J connectivity index is 2.01. The standard InChI is InChI=1S/C17H15Cl2FN2O2/c1-11(23)22(14-6-7-15(18)16(19)8-14)10-17(24)21-9-12-2-4-13(20)5-3-12/h2-8H,9-10H2,1H3,(H,21,24). The van der Waals surface area contributed by atoms with Crippen LogP contribution in [-0.4, -0.2) is 18.4 Å². The van der Waals surface area contributed by atoms with E-state index in [0.717, 1.165) is 5.56 Å². The third kappa shape index (κ3) is 4.94. The third-order valence-corrected chi connectivity index (χ3v) is 4.04. The van der Waals surface area contributed by atoms with Crippen LogP contribution in [-0.2, 0) is 16.1 Å². The van der Waals surface area contributed by atoms with Crippen LogP contribution >= 0.6 is 23.2 Å². The van der Waals surface area contributed by atoms with Gasteiger partial charge in [-0.05, 0) is 35.9 Å². The van der Waals surface area contributed by atoms with E-state index in [-0.39, 0.29) is 30.7 Å². The molecule has 2 aromatic rings. The molecular weight excluding hydrogens is 354 g/mol. The highest BCUT2D eigenvalue weighted by molar-refractivity contribution is 6.42. The van der Waals surface area contributed by atoms with E-state index in [9.17, 15) is 14.0 Å². The number of hydrogen-bond donors (Lipinski definition) is 1. The summed E-state index contributed by atoms with van der Waals surface area (Å²) in [5.41, 5.74) is 1.24. The average molecular weight is 369 g/mol. The van der Waals surface area contributed by atoms with Crippen molar-refractivity contribution in [2.45, 2.75) is 13.5 Å². The molecule has 2 amide bonds. The molecule has 0 aliphatic carbocycles. The van der Waals surface area contributed by atoms with Gasteiger partial charge in [0.05, 0.1) is 10.0 Å². The first-order valence-corrected chi connectivity index (χ1v) is 7.86. The van der Waals surface area contributed by atoms with Gasteiger partial charge in [-0.1, -0.05) is 35.3 Å². The van der Waals surface area contributed by atoms with E-state index in [2.05, 4.69) is 5.32 Å². The molecule has 0 heterocycles. The lowest BCUT2D eigenvalue weighted by Gasteiger charge is -2.21. The molecule has 0 saturated carbocycles. The number of nitrogens with one attached hydrogen (secondary N) is 1. The predicted molar refractivity (Wildman–Crippen MR) is 92.7 cm³/mol. The molecular formula is C17H15Cl2FN2O2. The van der Waals surface area contributed by atoms with Crippen molar-refractivity contribution in [3.05, 3.63) is 63.9 Å². The number of amides is 2. The maximum Gasteiger partial charge on any atom is 0.240 e. The molecule has 0 saturated heterocycles. The molecule has 0 spiro atoms. The molecule has 7 heteroatoms. The summed E-state index contributed by atoms with van der Waals surface area (Å²) in [4.78, 5) is 25.2. The second-order valence-electron chi connectivity index (χ2n) is 5.11. The van der Waals surface area contributed by atoms with Gasteiger partial charge in [0.1, 0.15) is 12.4 Å². The maximum absolute atomic E-state index is 12.8. The number of rotatable bonds is 5. The SMILES string of the molecule is CC(=O)N(CC(=O)NCc1ccc(F)cc1)c1ccc(Cl)c(Cl)c1. The first-order valence-electron chi connectivity index (χ1n) is 7.11. The lowest BCUT2D eigenvalue weighted by atomic mass is 10.2. The van der Waals surface area contributed by atoms with E-state index >= 15 is 0 Å². The van der Waals surface area contributed by atoms with Crippen molar-refractivity contribution >= 4 is 40.7 Å². The maximum atomic E-state index is 12.8. The van der Waals surface area contributed by atoms with Crippen LogP contribution in [0.1, 0.15) is 12.5 Å². The van der Waals surface area contributed by atoms with Crippen LogP contribution in [0.25, 0.3) is 0 Å². The zero-order valence-electron chi connectivity index (χ0n) is 12.9. The predicted octanol–water partition coefficient (Wildman–Crippen LogP) is 3.80. The first-order chi connectivity index (χ1) is 11.4. The fourth-order valence-corrected chi connectivity index (χ4v) is 2.33. The van der Waals surface area contributed by atoms with E-state index in [1.54, 1.807) is 24.3 Å². The molecule has 24 heavy (non-hydrogen) atoms. The number of carbonyl (C=O) groups is 2. The van der Waals surface area contributed by atoms with Gasteiger partial charge < -0.3 is 10.2 Å². The molecule has 0 fully saturated rings. The molecule has 0 unspecified atom stereocenters.